The van der Waals surface area contributed by atoms with Crippen LogP contribution in [-0.4, -0.2) is 37.4 Å². The van der Waals surface area contributed by atoms with E-state index in [-0.39, 0.29) is 24.6 Å². The molecule has 122 valence electrons. The van der Waals surface area contributed by atoms with E-state index in [1.165, 1.54) is 12.1 Å². The van der Waals surface area contributed by atoms with Crippen molar-refractivity contribution in [3.05, 3.63) is 35.4 Å². The maximum absolute atomic E-state index is 14.1. The number of amides is 1. The van der Waals surface area contributed by atoms with Crippen LogP contribution in [0.1, 0.15) is 24.5 Å². The summed E-state index contributed by atoms with van der Waals surface area (Å²) < 4.78 is 33.2. The van der Waals surface area contributed by atoms with Gasteiger partial charge in [-0.1, -0.05) is 12.1 Å². The molecule has 1 aromatic rings. The van der Waals surface area contributed by atoms with Gasteiger partial charge in [0.25, 0.3) is 0 Å². The molecule has 1 heterocycles. The highest BCUT2D eigenvalue weighted by molar-refractivity contribution is 5.64. The molecule has 1 amide bonds. The summed E-state index contributed by atoms with van der Waals surface area (Å²) in [7, 11) is 0. The summed E-state index contributed by atoms with van der Waals surface area (Å²) in [6.45, 7) is 1.76. The average molecular weight is 314 g/mol. The maximum atomic E-state index is 14.1. The molecule has 0 bridgehead atoms. The van der Waals surface area contributed by atoms with E-state index >= 15 is 0 Å². The molecule has 2 rings (SSSR count). The van der Waals surface area contributed by atoms with Crippen molar-refractivity contribution in [2.75, 3.05) is 26.2 Å². The van der Waals surface area contributed by atoms with Gasteiger partial charge in [-0.3, -0.25) is 0 Å². The van der Waals surface area contributed by atoms with Crippen molar-refractivity contribution in [1.82, 2.24) is 10.6 Å². The van der Waals surface area contributed by atoms with Gasteiger partial charge in [0.15, 0.2) is 11.6 Å². The van der Waals surface area contributed by atoms with E-state index in [0.717, 1.165) is 25.5 Å². The van der Waals surface area contributed by atoms with Crippen LogP contribution in [0.5, 0.6) is 0 Å². The van der Waals surface area contributed by atoms with Crippen LogP contribution >= 0.6 is 0 Å². The van der Waals surface area contributed by atoms with Crippen LogP contribution in [-0.2, 0) is 4.74 Å². The minimum atomic E-state index is -1.14. The molecule has 0 aromatic heterocycles. The lowest BCUT2D eigenvalue weighted by Crippen LogP contribution is -2.35. The van der Waals surface area contributed by atoms with Crippen LogP contribution in [0.25, 0.3) is 0 Å². The quantitative estimate of drug-likeness (QED) is 0.705. The van der Waals surface area contributed by atoms with Crippen LogP contribution < -0.4 is 10.6 Å². The van der Waals surface area contributed by atoms with E-state index in [0.29, 0.717) is 6.54 Å². The topological polar surface area (TPSA) is 70.6 Å². The number of hydrogen-bond acceptors (Lipinski definition) is 3. The summed E-state index contributed by atoms with van der Waals surface area (Å²) in [6, 6.07) is 4.04. The van der Waals surface area contributed by atoms with Gasteiger partial charge in [-0.05, 0) is 25.5 Å². The van der Waals surface area contributed by atoms with Crippen LogP contribution in [0, 0.1) is 17.6 Å². The summed E-state index contributed by atoms with van der Waals surface area (Å²) in [5, 5.41) is 13.9. The van der Waals surface area contributed by atoms with Gasteiger partial charge in [-0.15, -0.1) is 0 Å². The average Bonchev–Trinajstić information content (AvgIpc) is 2.51. The van der Waals surface area contributed by atoms with E-state index < -0.39 is 23.8 Å². The van der Waals surface area contributed by atoms with Crippen LogP contribution in [0.2, 0.25) is 0 Å². The zero-order valence-electron chi connectivity index (χ0n) is 12.1. The molecule has 0 radical (unpaired) electrons. The van der Waals surface area contributed by atoms with Crippen LogP contribution in [0.4, 0.5) is 13.6 Å². The van der Waals surface area contributed by atoms with Crippen molar-refractivity contribution in [3.8, 4) is 0 Å². The molecule has 7 heteroatoms. The molecule has 22 heavy (non-hydrogen) atoms. The summed E-state index contributed by atoms with van der Waals surface area (Å²) >= 11 is 0. The van der Waals surface area contributed by atoms with E-state index in [2.05, 4.69) is 10.6 Å². The number of ether oxygens (including phenoxy) is 1. The normalized spacial score (nSPS) is 19.6. The third-order valence-corrected chi connectivity index (χ3v) is 3.73. The van der Waals surface area contributed by atoms with E-state index in [4.69, 9.17) is 9.84 Å². The Balaban J connectivity index is 2.10. The molecule has 2 atom stereocenters. The first-order valence-electron chi connectivity index (χ1n) is 7.32. The van der Waals surface area contributed by atoms with Gasteiger partial charge < -0.3 is 20.5 Å². The lowest BCUT2D eigenvalue weighted by Gasteiger charge is -2.31. The SMILES string of the molecule is O=C(O)NCCO[C@@H](c1cccc(F)c1F)[C@@H]1CCCNC1. The smallest absolute Gasteiger partial charge is 0.404 e. The molecule has 1 aromatic carbocycles. The Hall–Kier alpha value is -1.73. The Bertz CT molecular complexity index is 508. The highest BCUT2D eigenvalue weighted by atomic mass is 19.2. The molecule has 1 saturated heterocycles. The number of halogens is 2. The Morgan fingerprint density at radius 1 is 1.50 bits per heavy atom. The second-order valence-electron chi connectivity index (χ2n) is 5.27. The monoisotopic (exact) mass is 314 g/mol. The number of carboxylic acid groups (broad SMARTS) is 1. The Kier molecular flexibility index (Phi) is 6.09. The van der Waals surface area contributed by atoms with E-state index in [1.807, 2.05) is 0 Å². The summed E-state index contributed by atoms with van der Waals surface area (Å²) in [4.78, 5) is 10.4. The second kappa shape index (κ2) is 8.05. The number of rotatable bonds is 6. The minimum Gasteiger partial charge on any atom is -0.465 e. The van der Waals surface area contributed by atoms with Gasteiger partial charge in [-0.2, -0.15) is 0 Å². The Morgan fingerprint density at radius 3 is 3.00 bits per heavy atom. The molecule has 3 N–H and O–H groups in total. The molecule has 1 aliphatic rings. The molecule has 1 aliphatic heterocycles. The third kappa shape index (κ3) is 4.38. The first-order chi connectivity index (χ1) is 10.6. The highest BCUT2D eigenvalue weighted by Gasteiger charge is 2.28. The molecule has 0 unspecified atom stereocenters. The van der Waals surface area contributed by atoms with Crippen molar-refractivity contribution in [2.24, 2.45) is 5.92 Å². The minimum absolute atomic E-state index is 0.0230. The fourth-order valence-corrected chi connectivity index (χ4v) is 2.70. The number of piperidine rings is 1. The highest BCUT2D eigenvalue weighted by Crippen LogP contribution is 2.32. The second-order valence-corrected chi connectivity index (χ2v) is 5.27. The van der Waals surface area contributed by atoms with Gasteiger partial charge in [0.05, 0.1) is 12.7 Å². The zero-order chi connectivity index (χ0) is 15.9. The van der Waals surface area contributed by atoms with Crippen molar-refractivity contribution in [1.29, 1.82) is 0 Å². The van der Waals surface area contributed by atoms with Crippen molar-refractivity contribution in [2.45, 2.75) is 18.9 Å². The maximum Gasteiger partial charge on any atom is 0.404 e. The van der Waals surface area contributed by atoms with Crippen LogP contribution in [0.15, 0.2) is 18.2 Å². The van der Waals surface area contributed by atoms with Gasteiger partial charge >= 0.3 is 6.09 Å². The van der Waals surface area contributed by atoms with Crippen molar-refractivity contribution < 1.29 is 23.4 Å². The predicted molar refractivity (Wildman–Crippen MR) is 76.7 cm³/mol. The van der Waals surface area contributed by atoms with E-state index in [1.54, 1.807) is 0 Å². The van der Waals surface area contributed by atoms with Gasteiger partial charge in [0.2, 0.25) is 0 Å². The summed E-state index contributed by atoms with van der Waals surface area (Å²) in [5.41, 5.74) is 0.184. The summed E-state index contributed by atoms with van der Waals surface area (Å²) in [5.74, 6) is -1.78. The lowest BCUT2D eigenvalue weighted by molar-refractivity contribution is 0.00240. The Labute approximate surface area is 127 Å². The molecular formula is C15H20F2N2O3. The molecular weight excluding hydrogens is 294 g/mol. The number of benzene rings is 1. The standard InChI is InChI=1S/C15H20F2N2O3/c16-12-5-1-4-11(13(12)17)14(10-3-2-6-18-9-10)22-8-7-19-15(20)21/h1,4-5,10,14,18-19H,2-3,6-9H2,(H,20,21)/t10-,14-/m1/s1. The van der Waals surface area contributed by atoms with Gasteiger partial charge in [0.1, 0.15) is 0 Å². The van der Waals surface area contributed by atoms with Gasteiger partial charge in [-0.25, -0.2) is 13.6 Å². The van der Waals surface area contributed by atoms with E-state index in [9.17, 15) is 13.6 Å². The van der Waals surface area contributed by atoms with Crippen molar-refractivity contribution in [3.63, 3.8) is 0 Å². The Morgan fingerprint density at radius 2 is 2.32 bits per heavy atom. The molecule has 0 spiro atoms. The number of hydrogen-bond donors (Lipinski definition) is 3. The molecule has 1 fully saturated rings. The molecule has 5 nitrogen and oxygen atoms in total. The third-order valence-electron chi connectivity index (χ3n) is 3.73. The summed E-state index contributed by atoms with van der Waals surface area (Å²) in [6.07, 6.45) is 0.0463. The number of nitrogens with one attached hydrogen (secondary N) is 2. The molecule has 0 aliphatic carbocycles. The number of carbonyl (C=O) groups is 1. The van der Waals surface area contributed by atoms with Crippen molar-refractivity contribution >= 4 is 6.09 Å². The lowest BCUT2D eigenvalue weighted by atomic mass is 9.89. The van der Waals surface area contributed by atoms with Gasteiger partial charge in [0, 0.05) is 24.6 Å². The fraction of sp³-hybridized carbons (Fsp3) is 0.533. The fourth-order valence-electron chi connectivity index (χ4n) is 2.70. The first kappa shape index (κ1) is 16.6. The first-order valence-corrected chi connectivity index (χ1v) is 7.32. The molecule has 0 saturated carbocycles. The zero-order valence-corrected chi connectivity index (χ0v) is 12.1. The largest absolute Gasteiger partial charge is 0.465 e. The predicted octanol–water partition coefficient (Wildman–Crippen LogP) is 2.29. The van der Waals surface area contributed by atoms with Crippen LogP contribution in [0.3, 0.4) is 0 Å².